The molecule has 1 aliphatic heterocycles. The maximum absolute atomic E-state index is 11.4. The average Bonchev–Trinajstić information content (AvgIpc) is 2.44. The van der Waals surface area contributed by atoms with Crippen molar-refractivity contribution in [3.05, 3.63) is 30.1 Å². The van der Waals surface area contributed by atoms with Crippen LogP contribution in [0.25, 0.3) is 0 Å². The molecule has 0 saturated carbocycles. The van der Waals surface area contributed by atoms with Gasteiger partial charge in [0.05, 0.1) is 11.9 Å². The highest BCUT2D eigenvalue weighted by atomic mass is 32.2. The summed E-state index contributed by atoms with van der Waals surface area (Å²) in [6.45, 7) is 5.39. The Morgan fingerprint density at radius 1 is 1.25 bits per heavy atom. The Morgan fingerprint density at radius 3 is 2.60 bits per heavy atom. The third-order valence-corrected chi connectivity index (χ3v) is 4.74. The fraction of sp³-hybridized carbons (Fsp3) is 0.615. The molecule has 1 aromatic rings. The van der Waals surface area contributed by atoms with Crippen molar-refractivity contribution in [3.63, 3.8) is 0 Å². The lowest BCUT2D eigenvalue weighted by atomic mass is 10.3. The SMILES string of the molecule is CS(=O)(=O)N1CCN(CCNCc2ccccn2)CC1. The van der Waals surface area contributed by atoms with Crippen LogP contribution in [0.4, 0.5) is 0 Å². The summed E-state index contributed by atoms with van der Waals surface area (Å²) in [6, 6.07) is 5.89. The lowest BCUT2D eigenvalue weighted by Crippen LogP contribution is -2.49. The first-order chi connectivity index (χ1) is 9.55. The highest BCUT2D eigenvalue weighted by molar-refractivity contribution is 7.88. The molecule has 0 aromatic carbocycles. The smallest absolute Gasteiger partial charge is 0.211 e. The first kappa shape index (κ1) is 15.4. The second-order valence-corrected chi connectivity index (χ2v) is 6.98. The van der Waals surface area contributed by atoms with E-state index in [1.807, 2.05) is 18.2 Å². The first-order valence-corrected chi connectivity index (χ1v) is 8.68. The van der Waals surface area contributed by atoms with E-state index in [1.54, 1.807) is 10.5 Å². The molecule has 1 aromatic heterocycles. The van der Waals surface area contributed by atoms with Gasteiger partial charge in [0.1, 0.15) is 0 Å². The van der Waals surface area contributed by atoms with Crippen LogP contribution in [0, 0.1) is 0 Å². The molecule has 20 heavy (non-hydrogen) atoms. The fourth-order valence-electron chi connectivity index (χ4n) is 2.24. The molecule has 0 unspecified atom stereocenters. The average molecular weight is 298 g/mol. The van der Waals surface area contributed by atoms with Gasteiger partial charge < -0.3 is 5.32 Å². The number of hydrogen-bond acceptors (Lipinski definition) is 5. The van der Waals surface area contributed by atoms with E-state index in [1.165, 1.54) is 6.26 Å². The lowest BCUT2D eigenvalue weighted by molar-refractivity contribution is 0.189. The number of hydrogen-bond donors (Lipinski definition) is 1. The highest BCUT2D eigenvalue weighted by Crippen LogP contribution is 2.05. The Hall–Kier alpha value is -1.02. The van der Waals surface area contributed by atoms with Gasteiger partial charge in [-0.15, -0.1) is 0 Å². The van der Waals surface area contributed by atoms with Crippen LogP contribution in [-0.2, 0) is 16.6 Å². The maximum Gasteiger partial charge on any atom is 0.211 e. The van der Waals surface area contributed by atoms with Gasteiger partial charge in [0.2, 0.25) is 10.0 Å². The van der Waals surface area contributed by atoms with Gasteiger partial charge in [0.25, 0.3) is 0 Å². The van der Waals surface area contributed by atoms with E-state index in [0.717, 1.165) is 38.4 Å². The number of piperazine rings is 1. The number of pyridine rings is 1. The molecule has 0 bridgehead atoms. The molecule has 112 valence electrons. The highest BCUT2D eigenvalue weighted by Gasteiger charge is 2.22. The van der Waals surface area contributed by atoms with Gasteiger partial charge in [-0.1, -0.05) is 6.07 Å². The minimum Gasteiger partial charge on any atom is -0.310 e. The summed E-state index contributed by atoms with van der Waals surface area (Å²) < 4.78 is 24.3. The van der Waals surface area contributed by atoms with Crippen molar-refractivity contribution >= 4 is 10.0 Å². The van der Waals surface area contributed by atoms with E-state index < -0.39 is 10.0 Å². The number of sulfonamides is 1. The molecular weight excluding hydrogens is 276 g/mol. The number of nitrogens with one attached hydrogen (secondary N) is 1. The Kier molecular flexibility index (Phi) is 5.47. The molecule has 0 amide bonds. The van der Waals surface area contributed by atoms with Crippen molar-refractivity contribution in [1.82, 2.24) is 19.5 Å². The minimum absolute atomic E-state index is 0.596. The maximum atomic E-state index is 11.4. The number of nitrogens with zero attached hydrogens (tertiary/aromatic N) is 3. The van der Waals surface area contributed by atoms with Crippen LogP contribution in [0.3, 0.4) is 0 Å². The van der Waals surface area contributed by atoms with Crippen LogP contribution in [0.1, 0.15) is 5.69 Å². The summed E-state index contributed by atoms with van der Waals surface area (Å²) in [6.07, 6.45) is 3.07. The monoisotopic (exact) mass is 298 g/mol. The van der Waals surface area contributed by atoms with Crippen molar-refractivity contribution in [2.24, 2.45) is 0 Å². The summed E-state index contributed by atoms with van der Waals surface area (Å²) in [5, 5.41) is 3.35. The van der Waals surface area contributed by atoms with Crippen molar-refractivity contribution in [3.8, 4) is 0 Å². The summed E-state index contributed by atoms with van der Waals surface area (Å²) in [5.41, 5.74) is 1.04. The molecule has 1 N–H and O–H groups in total. The normalized spacial score (nSPS) is 18.2. The summed E-state index contributed by atoms with van der Waals surface area (Å²) in [4.78, 5) is 6.54. The van der Waals surface area contributed by atoms with E-state index in [-0.39, 0.29) is 0 Å². The molecule has 1 aliphatic rings. The molecule has 6 nitrogen and oxygen atoms in total. The molecular formula is C13H22N4O2S. The summed E-state index contributed by atoms with van der Waals surface area (Å²) in [7, 11) is -3.03. The van der Waals surface area contributed by atoms with Gasteiger partial charge >= 0.3 is 0 Å². The zero-order valence-corrected chi connectivity index (χ0v) is 12.6. The van der Waals surface area contributed by atoms with Crippen LogP contribution < -0.4 is 5.32 Å². The fourth-order valence-corrected chi connectivity index (χ4v) is 3.07. The van der Waals surface area contributed by atoms with Gasteiger partial charge in [-0.25, -0.2) is 8.42 Å². The van der Waals surface area contributed by atoms with Crippen LogP contribution in [-0.4, -0.2) is 68.1 Å². The van der Waals surface area contributed by atoms with E-state index in [0.29, 0.717) is 13.1 Å². The van der Waals surface area contributed by atoms with Crippen molar-refractivity contribution in [2.45, 2.75) is 6.54 Å². The molecule has 0 spiro atoms. The first-order valence-electron chi connectivity index (χ1n) is 6.84. The Bertz CT molecular complexity index is 498. The molecule has 7 heteroatoms. The van der Waals surface area contributed by atoms with Gasteiger partial charge in [0, 0.05) is 52.0 Å². The molecule has 0 atom stereocenters. The number of rotatable bonds is 6. The van der Waals surface area contributed by atoms with Crippen molar-refractivity contribution in [2.75, 3.05) is 45.5 Å². The molecule has 2 heterocycles. The number of aromatic nitrogens is 1. The van der Waals surface area contributed by atoms with Crippen molar-refractivity contribution in [1.29, 1.82) is 0 Å². The Labute approximate surface area is 120 Å². The zero-order valence-electron chi connectivity index (χ0n) is 11.8. The summed E-state index contributed by atoms with van der Waals surface area (Å²) in [5.74, 6) is 0. The predicted molar refractivity (Wildman–Crippen MR) is 78.8 cm³/mol. The minimum atomic E-state index is -3.03. The zero-order chi connectivity index (χ0) is 14.4. The third kappa shape index (κ3) is 4.82. The van der Waals surface area contributed by atoms with Crippen LogP contribution in [0.2, 0.25) is 0 Å². The van der Waals surface area contributed by atoms with Gasteiger partial charge in [-0.05, 0) is 12.1 Å². The van der Waals surface area contributed by atoms with E-state index >= 15 is 0 Å². The second kappa shape index (κ2) is 7.12. The predicted octanol–water partition coefficient (Wildman–Crippen LogP) is -0.252. The van der Waals surface area contributed by atoms with E-state index in [2.05, 4.69) is 15.2 Å². The molecule has 1 fully saturated rings. The van der Waals surface area contributed by atoms with Gasteiger partial charge in [-0.2, -0.15) is 4.31 Å². The Morgan fingerprint density at radius 2 is 2.00 bits per heavy atom. The quantitative estimate of drug-likeness (QED) is 0.734. The van der Waals surface area contributed by atoms with Crippen LogP contribution in [0.5, 0.6) is 0 Å². The van der Waals surface area contributed by atoms with Crippen LogP contribution in [0.15, 0.2) is 24.4 Å². The van der Waals surface area contributed by atoms with E-state index in [9.17, 15) is 8.42 Å². The van der Waals surface area contributed by atoms with Crippen molar-refractivity contribution < 1.29 is 8.42 Å². The van der Waals surface area contributed by atoms with Gasteiger partial charge in [0.15, 0.2) is 0 Å². The third-order valence-electron chi connectivity index (χ3n) is 3.44. The van der Waals surface area contributed by atoms with E-state index in [4.69, 9.17) is 0 Å². The largest absolute Gasteiger partial charge is 0.310 e. The second-order valence-electron chi connectivity index (χ2n) is 5.00. The molecule has 1 saturated heterocycles. The summed E-state index contributed by atoms with van der Waals surface area (Å²) >= 11 is 0. The molecule has 0 aliphatic carbocycles. The molecule has 0 radical (unpaired) electrons. The van der Waals surface area contributed by atoms with Crippen LogP contribution >= 0.6 is 0 Å². The lowest BCUT2D eigenvalue weighted by Gasteiger charge is -2.33. The standard InChI is InChI=1S/C13H22N4O2S/c1-20(18,19)17-10-8-16(9-11-17)7-6-14-12-13-4-2-3-5-15-13/h2-5,14H,6-12H2,1H3. The topological polar surface area (TPSA) is 65.5 Å². The Balaban J connectivity index is 1.62. The van der Waals surface area contributed by atoms with Gasteiger partial charge in [-0.3, -0.25) is 9.88 Å². The molecule has 2 rings (SSSR count).